The predicted molar refractivity (Wildman–Crippen MR) is 99.5 cm³/mol. The first-order valence-electron chi connectivity index (χ1n) is 8.56. The molecular weight excluding hydrogens is 422 g/mol. The van der Waals surface area contributed by atoms with Gasteiger partial charge in [-0.3, -0.25) is 0 Å². The molecule has 0 radical (unpaired) electrons. The minimum atomic E-state index is -1.08. The van der Waals surface area contributed by atoms with Gasteiger partial charge in [0.25, 0.3) is 0 Å². The SMILES string of the molecule is CN(C(=O)O)[C@@H]1CCCN2c3cc(Br)c(F)cc3Oc3cccc(F)c3[C@@H]12. The third-order valence-electron chi connectivity index (χ3n) is 5.24. The van der Waals surface area contributed by atoms with Crippen LogP contribution in [0.25, 0.3) is 0 Å². The lowest BCUT2D eigenvalue weighted by Crippen LogP contribution is -2.50. The van der Waals surface area contributed by atoms with E-state index >= 15 is 0 Å². The molecule has 8 heteroatoms. The molecule has 1 fully saturated rings. The van der Waals surface area contributed by atoms with Crippen LogP contribution in [0.1, 0.15) is 24.4 Å². The Labute approximate surface area is 163 Å². The van der Waals surface area contributed by atoms with Crippen LogP contribution in [-0.2, 0) is 0 Å². The Morgan fingerprint density at radius 2 is 2.07 bits per heavy atom. The monoisotopic (exact) mass is 438 g/mol. The third kappa shape index (κ3) is 2.92. The molecule has 0 aliphatic carbocycles. The number of fused-ring (bicyclic) bond motifs is 5. The van der Waals surface area contributed by atoms with E-state index in [1.54, 1.807) is 12.1 Å². The smallest absolute Gasteiger partial charge is 0.407 e. The molecule has 1 amide bonds. The summed E-state index contributed by atoms with van der Waals surface area (Å²) in [6, 6.07) is 6.31. The van der Waals surface area contributed by atoms with Gasteiger partial charge in [0.15, 0.2) is 5.75 Å². The van der Waals surface area contributed by atoms with Crippen LogP contribution in [0.15, 0.2) is 34.8 Å². The molecule has 2 aliphatic rings. The fourth-order valence-corrected chi connectivity index (χ4v) is 4.31. The number of carbonyl (C=O) groups is 1. The van der Waals surface area contributed by atoms with Gasteiger partial charge >= 0.3 is 6.09 Å². The molecule has 1 saturated heterocycles. The number of carboxylic acid groups (broad SMARTS) is 1. The summed E-state index contributed by atoms with van der Waals surface area (Å²) < 4.78 is 35.2. The molecular formula is C19H17BrF2N2O3. The Morgan fingerprint density at radius 3 is 2.81 bits per heavy atom. The first-order chi connectivity index (χ1) is 12.9. The number of hydrogen-bond acceptors (Lipinski definition) is 3. The molecule has 2 heterocycles. The zero-order valence-electron chi connectivity index (χ0n) is 14.5. The van der Waals surface area contributed by atoms with Gasteiger partial charge in [0.2, 0.25) is 0 Å². The second kappa shape index (κ2) is 6.67. The van der Waals surface area contributed by atoms with Gasteiger partial charge in [-0.25, -0.2) is 13.6 Å². The fraction of sp³-hybridized carbons (Fsp3) is 0.316. The first-order valence-corrected chi connectivity index (χ1v) is 9.35. The van der Waals surface area contributed by atoms with Crippen LogP contribution >= 0.6 is 15.9 Å². The van der Waals surface area contributed by atoms with Crippen molar-refractivity contribution in [1.29, 1.82) is 0 Å². The molecule has 2 aliphatic heterocycles. The van der Waals surface area contributed by atoms with Crippen LogP contribution in [0, 0.1) is 11.6 Å². The highest BCUT2D eigenvalue weighted by Gasteiger charge is 2.42. The number of piperidine rings is 1. The van der Waals surface area contributed by atoms with Crippen molar-refractivity contribution >= 4 is 27.7 Å². The second-order valence-electron chi connectivity index (χ2n) is 6.73. The van der Waals surface area contributed by atoms with Gasteiger partial charge in [0.1, 0.15) is 17.4 Å². The van der Waals surface area contributed by atoms with Crippen molar-refractivity contribution in [3.63, 3.8) is 0 Å². The van der Waals surface area contributed by atoms with Gasteiger partial charge in [-0.1, -0.05) is 6.07 Å². The van der Waals surface area contributed by atoms with E-state index in [1.165, 1.54) is 30.1 Å². The van der Waals surface area contributed by atoms with Crippen LogP contribution in [0.2, 0.25) is 0 Å². The van der Waals surface area contributed by atoms with E-state index in [0.717, 1.165) is 6.42 Å². The molecule has 2 atom stereocenters. The lowest BCUT2D eigenvalue weighted by molar-refractivity contribution is 0.120. The summed E-state index contributed by atoms with van der Waals surface area (Å²) in [5, 5.41) is 9.51. The molecule has 0 saturated carbocycles. The molecule has 142 valence electrons. The number of amides is 1. The number of rotatable bonds is 1. The Balaban J connectivity index is 1.96. The Morgan fingerprint density at radius 1 is 1.30 bits per heavy atom. The predicted octanol–water partition coefficient (Wildman–Crippen LogP) is 5.15. The lowest BCUT2D eigenvalue weighted by atomic mass is 9.88. The maximum absolute atomic E-state index is 14.9. The largest absolute Gasteiger partial charge is 0.465 e. The quantitative estimate of drug-likeness (QED) is 0.668. The van der Waals surface area contributed by atoms with Crippen molar-refractivity contribution in [3.05, 3.63) is 52.0 Å². The van der Waals surface area contributed by atoms with Crippen molar-refractivity contribution in [2.75, 3.05) is 18.5 Å². The molecule has 0 spiro atoms. The summed E-state index contributed by atoms with van der Waals surface area (Å²) in [4.78, 5) is 14.8. The highest BCUT2D eigenvalue weighted by molar-refractivity contribution is 9.10. The van der Waals surface area contributed by atoms with E-state index in [2.05, 4.69) is 15.9 Å². The molecule has 27 heavy (non-hydrogen) atoms. The van der Waals surface area contributed by atoms with E-state index in [4.69, 9.17) is 4.74 Å². The minimum Gasteiger partial charge on any atom is -0.465 e. The van der Waals surface area contributed by atoms with Crippen molar-refractivity contribution in [3.8, 4) is 11.5 Å². The van der Waals surface area contributed by atoms with Crippen LogP contribution < -0.4 is 9.64 Å². The summed E-state index contributed by atoms with van der Waals surface area (Å²) in [6.07, 6.45) is 0.234. The zero-order valence-corrected chi connectivity index (χ0v) is 16.0. The molecule has 0 bridgehead atoms. The highest BCUT2D eigenvalue weighted by Crippen LogP contribution is 2.50. The standard InChI is InChI=1S/C19H17BrF2N2O3/c1-23(19(25)26)13-5-3-7-24-14-8-10(20)12(22)9-16(14)27-15-6-2-4-11(21)17(15)18(13)24/h2,4,6,8-9,13,18H,3,5,7H2,1H3,(H,25,26)/t13-,18-/m1/s1. The molecule has 4 rings (SSSR count). The fourth-order valence-electron chi connectivity index (χ4n) is 3.98. The molecule has 5 nitrogen and oxygen atoms in total. The summed E-state index contributed by atoms with van der Waals surface area (Å²) >= 11 is 3.20. The van der Waals surface area contributed by atoms with Crippen LogP contribution in [-0.4, -0.2) is 35.7 Å². The molecule has 0 unspecified atom stereocenters. The maximum Gasteiger partial charge on any atom is 0.407 e. The third-order valence-corrected chi connectivity index (χ3v) is 5.85. The number of anilines is 1. The number of hydrogen-bond donors (Lipinski definition) is 1. The van der Waals surface area contributed by atoms with Crippen LogP contribution in [0.3, 0.4) is 0 Å². The number of benzene rings is 2. The second-order valence-corrected chi connectivity index (χ2v) is 7.58. The van der Waals surface area contributed by atoms with E-state index in [1.807, 2.05) is 4.90 Å². The Kier molecular flexibility index (Phi) is 4.46. The first kappa shape index (κ1) is 18.0. The average molecular weight is 439 g/mol. The number of ether oxygens (including phenoxy) is 1. The van der Waals surface area contributed by atoms with Crippen molar-refractivity contribution in [2.45, 2.75) is 24.9 Å². The normalized spacial score (nSPS) is 20.7. The maximum atomic E-state index is 14.9. The van der Waals surface area contributed by atoms with Crippen molar-refractivity contribution < 1.29 is 23.4 Å². The van der Waals surface area contributed by atoms with Gasteiger partial charge in [0.05, 0.1) is 27.8 Å². The van der Waals surface area contributed by atoms with Crippen LogP contribution in [0.4, 0.5) is 19.3 Å². The Hall–Kier alpha value is -2.35. The molecule has 2 aromatic carbocycles. The Bertz CT molecular complexity index is 924. The average Bonchev–Trinajstić information content (AvgIpc) is 2.76. The summed E-state index contributed by atoms with van der Waals surface area (Å²) in [5.41, 5.74) is 0.899. The van der Waals surface area contributed by atoms with Gasteiger partial charge in [-0.05, 0) is 47.0 Å². The zero-order chi connectivity index (χ0) is 19.3. The van der Waals surface area contributed by atoms with E-state index < -0.39 is 29.8 Å². The summed E-state index contributed by atoms with van der Waals surface area (Å²) in [5.74, 6) is -0.401. The van der Waals surface area contributed by atoms with Crippen molar-refractivity contribution in [1.82, 2.24) is 4.90 Å². The highest BCUT2D eigenvalue weighted by atomic mass is 79.9. The van der Waals surface area contributed by atoms with E-state index in [9.17, 15) is 18.7 Å². The van der Waals surface area contributed by atoms with E-state index in [-0.39, 0.29) is 16.0 Å². The van der Waals surface area contributed by atoms with Gasteiger partial charge in [-0.15, -0.1) is 0 Å². The van der Waals surface area contributed by atoms with Gasteiger partial charge in [-0.2, -0.15) is 0 Å². The van der Waals surface area contributed by atoms with E-state index in [0.29, 0.717) is 24.2 Å². The van der Waals surface area contributed by atoms with Crippen LogP contribution in [0.5, 0.6) is 11.5 Å². The number of likely N-dealkylation sites (N-methyl/N-ethyl adjacent to an activating group) is 1. The number of nitrogens with zero attached hydrogens (tertiary/aromatic N) is 2. The number of halogens is 3. The summed E-state index contributed by atoms with van der Waals surface area (Å²) in [6.45, 7) is 0.580. The van der Waals surface area contributed by atoms with Gasteiger partial charge < -0.3 is 19.6 Å². The topological polar surface area (TPSA) is 53.0 Å². The molecule has 2 aromatic rings. The molecule has 1 N–H and O–H groups in total. The minimum absolute atomic E-state index is 0.267. The lowest BCUT2D eigenvalue weighted by Gasteiger charge is -2.44. The van der Waals surface area contributed by atoms with Crippen molar-refractivity contribution in [2.24, 2.45) is 0 Å². The van der Waals surface area contributed by atoms with Gasteiger partial charge in [0, 0.05) is 19.7 Å². The molecule has 0 aromatic heterocycles. The summed E-state index contributed by atoms with van der Waals surface area (Å²) in [7, 11) is 1.49.